The summed E-state index contributed by atoms with van der Waals surface area (Å²) < 4.78 is 2.36. The van der Waals surface area contributed by atoms with Crippen molar-refractivity contribution in [3.05, 3.63) is 127 Å². The number of hydrogen-bond acceptors (Lipinski definition) is 1. The molecule has 0 saturated heterocycles. The standard InChI is InChI=1S/C43H35B7N2/c44-36-33(37(45)38(46)35-34(36)39(47)41(49)42(50)40(35)48)32-25-16-6-4-14-23(25)31(24-15-5-7-17-26(24)32)27-18-8-10-20-29(27)52-30-21-11-9-19-28(30)51-43(52)22-12-2-1-3-13-22/h1-21H,44-50H2. The van der Waals surface area contributed by atoms with Gasteiger partial charge in [0, 0.05) is 11.1 Å². The van der Waals surface area contributed by atoms with E-state index in [1.54, 1.807) is 0 Å². The lowest BCUT2D eigenvalue weighted by molar-refractivity contribution is 1.10. The number of nitrogens with zero attached hydrogens (tertiary/aromatic N) is 2. The Hall–Kier alpha value is -5.54. The fourth-order valence-corrected chi connectivity index (χ4v) is 9.02. The Balaban J connectivity index is 1.42. The van der Waals surface area contributed by atoms with Gasteiger partial charge in [-0.05, 0) is 67.2 Å². The maximum absolute atomic E-state index is 5.21. The van der Waals surface area contributed by atoms with Crippen molar-refractivity contribution in [1.82, 2.24) is 9.55 Å². The first-order valence-electron chi connectivity index (χ1n) is 18.3. The van der Waals surface area contributed by atoms with Gasteiger partial charge in [0.15, 0.2) is 0 Å². The highest BCUT2D eigenvalue weighted by atomic mass is 15.1. The molecular formula is C43H35B7N2. The molecule has 9 rings (SSSR count). The number of imidazole rings is 1. The number of fused-ring (bicyclic) bond motifs is 4. The van der Waals surface area contributed by atoms with Crippen molar-refractivity contribution >= 4 is 137 Å². The van der Waals surface area contributed by atoms with Gasteiger partial charge in [-0.15, -0.1) is 10.9 Å². The molecule has 0 saturated carbocycles. The Morgan fingerprint density at radius 3 is 1.50 bits per heavy atom. The first-order chi connectivity index (χ1) is 25.3. The third-order valence-electron chi connectivity index (χ3n) is 11.9. The highest BCUT2D eigenvalue weighted by Gasteiger charge is 2.25. The summed E-state index contributed by atoms with van der Waals surface area (Å²) >= 11 is 0. The molecule has 8 aromatic carbocycles. The van der Waals surface area contributed by atoms with E-state index >= 15 is 0 Å². The highest BCUT2D eigenvalue weighted by molar-refractivity contribution is 6.72. The van der Waals surface area contributed by atoms with Crippen molar-refractivity contribution in [2.24, 2.45) is 0 Å². The molecule has 238 valence electrons. The summed E-state index contributed by atoms with van der Waals surface area (Å²) in [6.07, 6.45) is 0. The molecule has 2 nitrogen and oxygen atoms in total. The summed E-state index contributed by atoms with van der Waals surface area (Å²) in [4.78, 5) is 5.21. The molecule has 0 fully saturated rings. The van der Waals surface area contributed by atoms with E-state index in [1.807, 2.05) is 0 Å². The van der Waals surface area contributed by atoms with Crippen molar-refractivity contribution in [3.8, 4) is 39.3 Å². The molecule has 0 aliphatic rings. The number of hydrogen-bond donors (Lipinski definition) is 0. The maximum atomic E-state index is 5.21. The summed E-state index contributed by atoms with van der Waals surface area (Å²) in [5, 5.41) is 7.86. The van der Waals surface area contributed by atoms with Crippen molar-refractivity contribution in [2.75, 3.05) is 0 Å². The molecule has 0 spiro atoms. The molecule has 1 heterocycles. The molecule has 0 aliphatic carbocycles. The zero-order valence-electron chi connectivity index (χ0n) is 31.0. The fourth-order valence-electron chi connectivity index (χ4n) is 9.02. The average Bonchev–Trinajstić information content (AvgIpc) is 3.57. The van der Waals surface area contributed by atoms with Gasteiger partial charge >= 0.3 is 0 Å². The van der Waals surface area contributed by atoms with Gasteiger partial charge in [-0.2, -0.15) is 0 Å². The van der Waals surface area contributed by atoms with Crippen LogP contribution < -0.4 is 38.2 Å². The number of benzene rings is 8. The van der Waals surface area contributed by atoms with E-state index in [2.05, 4.69) is 187 Å². The maximum Gasteiger partial charge on any atom is 0.145 e. The van der Waals surface area contributed by atoms with Crippen LogP contribution in [0.1, 0.15) is 0 Å². The topological polar surface area (TPSA) is 17.8 Å². The van der Waals surface area contributed by atoms with Gasteiger partial charge in [-0.25, -0.2) is 4.98 Å². The minimum atomic E-state index is 0.938. The molecule has 52 heavy (non-hydrogen) atoms. The van der Waals surface area contributed by atoms with E-state index in [4.69, 9.17) is 4.98 Å². The summed E-state index contributed by atoms with van der Waals surface area (Å²) in [6, 6.07) is 46.0. The molecule has 1 aromatic heterocycles. The van der Waals surface area contributed by atoms with Crippen LogP contribution in [0, 0.1) is 0 Å². The normalized spacial score (nSPS) is 11.6. The molecular weight excluding hydrogens is 620 g/mol. The van der Waals surface area contributed by atoms with Gasteiger partial charge in [-0.1, -0.05) is 137 Å². The van der Waals surface area contributed by atoms with Gasteiger partial charge in [0.05, 0.1) is 16.7 Å². The summed E-state index contributed by atoms with van der Waals surface area (Å²) in [6.45, 7) is 0. The van der Waals surface area contributed by atoms with Crippen molar-refractivity contribution in [1.29, 1.82) is 0 Å². The second-order valence-electron chi connectivity index (χ2n) is 14.5. The lowest BCUT2D eigenvalue weighted by Gasteiger charge is -2.27. The first-order valence-corrected chi connectivity index (χ1v) is 18.3. The second-order valence-corrected chi connectivity index (χ2v) is 14.5. The van der Waals surface area contributed by atoms with E-state index in [1.165, 1.54) is 92.8 Å². The lowest BCUT2D eigenvalue weighted by Crippen LogP contribution is -2.52. The number of para-hydroxylation sites is 3. The van der Waals surface area contributed by atoms with Crippen molar-refractivity contribution in [3.63, 3.8) is 0 Å². The molecule has 0 radical (unpaired) electrons. The van der Waals surface area contributed by atoms with Gasteiger partial charge in [0.1, 0.15) is 60.7 Å². The minimum Gasteiger partial charge on any atom is -0.292 e. The Bertz CT molecular complexity index is 2880. The van der Waals surface area contributed by atoms with Crippen LogP contribution in [0.4, 0.5) is 0 Å². The summed E-state index contributed by atoms with van der Waals surface area (Å²) in [7, 11) is 16.2. The molecule has 0 bridgehead atoms. The van der Waals surface area contributed by atoms with Crippen LogP contribution in [0.15, 0.2) is 127 Å². The Morgan fingerprint density at radius 1 is 0.385 bits per heavy atom. The van der Waals surface area contributed by atoms with Crippen molar-refractivity contribution in [2.45, 2.75) is 0 Å². The molecule has 0 unspecified atom stereocenters. The largest absolute Gasteiger partial charge is 0.292 e. The Morgan fingerprint density at radius 2 is 0.865 bits per heavy atom. The van der Waals surface area contributed by atoms with Gasteiger partial charge in [-0.3, -0.25) is 4.57 Å². The van der Waals surface area contributed by atoms with Crippen molar-refractivity contribution < 1.29 is 0 Å². The Kier molecular flexibility index (Phi) is 7.66. The number of aromatic nitrogens is 2. The van der Waals surface area contributed by atoms with Crippen LogP contribution in [0.25, 0.3) is 82.7 Å². The third kappa shape index (κ3) is 4.65. The summed E-state index contributed by atoms with van der Waals surface area (Å²) in [5.41, 5.74) is 19.1. The smallest absolute Gasteiger partial charge is 0.145 e. The quantitative estimate of drug-likeness (QED) is 0.181. The third-order valence-corrected chi connectivity index (χ3v) is 11.9. The molecule has 0 aliphatic heterocycles. The Labute approximate surface area is 311 Å². The van der Waals surface area contributed by atoms with E-state index in [0.717, 1.165) is 28.1 Å². The van der Waals surface area contributed by atoms with E-state index in [-0.39, 0.29) is 0 Å². The van der Waals surface area contributed by atoms with Gasteiger partial charge < -0.3 is 0 Å². The molecule has 0 amide bonds. The first kappa shape index (κ1) is 32.4. The van der Waals surface area contributed by atoms with E-state index < -0.39 is 0 Å². The molecule has 0 atom stereocenters. The molecule has 9 aromatic rings. The van der Waals surface area contributed by atoms with Gasteiger partial charge in [0.2, 0.25) is 0 Å². The van der Waals surface area contributed by atoms with Crippen LogP contribution >= 0.6 is 0 Å². The zero-order valence-corrected chi connectivity index (χ0v) is 31.0. The number of rotatable bonds is 4. The fraction of sp³-hybridized carbons (Fsp3) is 0. The lowest BCUT2D eigenvalue weighted by atomic mass is 9.58. The average molecular weight is 655 g/mol. The monoisotopic (exact) mass is 656 g/mol. The predicted octanol–water partition coefficient (Wildman–Crippen LogP) is -0.705. The zero-order chi connectivity index (χ0) is 35.8. The van der Waals surface area contributed by atoms with Crippen LogP contribution in [0.2, 0.25) is 0 Å². The minimum absolute atomic E-state index is 0.938. The van der Waals surface area contributed by atoms with Gasteiger partial charge in [0.25, 0.3) is 0 Å². The summed E-state index contributed by atoms with van der Waals surface area (Å²) in [5.74, 6) is 0.938. The van der Waals surface area contributed by atoms with Crippen LogP contribution in [-0.2, 0) is 0 Å². The predicted molar refractivity (Wildman–Crippen MR) is 247 cm³/mol. The second kappa shape index (κ2) is 12.3. The van der Waals surface area contributed by atoms with Crippen LogP contribution in [0.5, 0.6) is 0 Å². The highest BCUT2D eigenvalue weighted by Crippen LogP contribution is 2.45. The SMILES string of the molecule is Bc1c(B)c(B)c2c(B)c(-c3c4ccccc4c(-c4ccccc4-n4c(-c5ccccc5)nc5ccccc54)c4ccccc34)c(B)c(B)c2c1B. The van der Waals surface area contributed by atoms with Crippen LogP contribution in [0.3, 0.4) is 0 Å². The molecule has 9 heteroatoms. The van der Waals surface area contributed by atoms with Crippen LogP contribution in [-0.4, -0.2) is 64.5 Å². The van der Waals surface area contributed by atoms with E-state index in [9.17, 15) is 0 Å². The molecule has 0 N–H and O–H groups in total. The van der Waals surface area contributed by atoms with E-state index in [0.29, 0.717) is 0 Å².